The Balaban J connectivity index is 2.08. The highest BCUT2D eigenvalue weighted by molar-refractivity contribution is 9.10. The van der Waals surface area contributed by atoms with Crippen LogP contribution in [0.3, 0.4) is 0 Å². The highest BCUT2D eigenvalue weighted by Gasteiger charge is 2.10. The average molecular weight is 315 g/mol. The molecule has 1 atom stereocenters. The van der Waals surface area contributed by atoms with Crippen molar-refractivity contribution in [1.29, 1.82) is 5.26 Å². The van der Waals surface area contributed by atoms with Crippen LogP contribution < -0.4 is 5.32 Å². The summed E-state index contributed by atoms with van der Waals surface area (Å²) in [6.45, 7) is 2.72. The van der Waals surface area contributed by atoms with Crippen LogP contribution in [0.15, 0.2) is 53.0 Å². The number of hydrogen-bond acceptors (Lipinski definition) is 2. The van der Waals surface area contributed by atoms with Gasteiger partial charge in [-0.1, -0.05) is 58.4 Å². The lowest BCUT2D eigenvalue weighted by Crippen LogP contribution is -2.19. The Bertz CT molecular complexity index is 587. The first kappa shape index (κ1) is 13.8. The molecule has 1 unspecified atom stereocenters. The first-order valence-electron chi connectivity index (χ1n) is 6.13. The van der Waals surface area contributed by atoms with Gasteiger partial charge in [-0.05, 0) is 29.7 Å². The van der Waals surface area contributed by atoms with Crippen molar-refractivity contribution in [2.45, 2.75) is 19.5 Å². The van der Waals surface area contributed by atoms with Gasteiger partial charge in [0, 0.05) is 11.0 Å². The molecular formula is C16H15BrN2. The van der Waals surface area contributed by atoms with Gasteiger partial charge < -0.3 is 0 Å². The highest BCUT2D eigenvalue weighted by atomic mass is 79.9. The van der Waals surface area contributed by atoms with Crippen molar-refractivity contribution in [2.24, 2.45) is 0 Å². The van der Waals surface area contributed by atoms with Crippen LogP contribution in [0.25, 0.3) is 0 Å². The molecule has 2 aromatic carbocycles. The lowest BCUT2D eigenvalue weighted by Gasteiger charge is -2.13. The molecule has 96 valence electrons. The number of aryl methyl sites for hydroxylation is 1. The van der Waals surface area contributed by atoms with E-state index in [0.717, 1.165) is 15.6 Å². The number of rotatable bonds is 4. The average Bonchev–Trinajstić information content (AvgIpc) is 2.44. The summed E-state index contributed by atoms with van der Waals surface area (Å²) < 4.78 is 1.07. The van der Waals surface area contributed by atoms with E-state index in [4.69, 9.17) is 0 Å². The Morgan fingerprint density at radius 3 is 2.58 bits per heavy atom. The quantitative estimate of drug-likeness (QED) is 0.921. The number of benzene rings is 2. The predicted molar refractivity (Wildman–Crippen MR) is 80.5 cm³/mol. The summed E-state index contributed by atoms with van der Waals surface area (Å²) in [6.07, 6.45) is 0. The number of halogens is 1. The number of nitriles is 1. The normalized spacial score (nSPS) is 11.8. The van der Waals surface area contributed by atoms with Crippen molar-refractivity contribution in [3.8, 4) is 6.07 Å². The van der Waals surface area contributed by atoms with E-state index in [1.807, 2.05) is 55.5 Å². The molecule has 2 rings (SSSR count). The molecule has 0 aliphatic rings. The minimum Gasteiger partial charge on any atom is -0.294 e. The maximum absolute atomic E-state index is 9.29. The maximum Gasteiger partial charge on any atom is 0.121 e. The first-order chi connectivity index (χ1) is 9.20. The summed E-state index contributed by atoms with van der Waals surface area (Å²) in [5.74, 6) is 0. The Morgan fingerprint density at radius 2 is 1.95 bits per heavy atom. The molecule has 0 aliphatic heterocycles. The van der Waals surface area contributed by atoms with Crippen LogP contribution >= 0.6 is 15.9 Å². The second-order valence-corrected chi connectivity index (χ2v) is 5.29. The molecule has 3 heteroatoms. The van der Waals surface area contributed by atoms with Crippen molar-refractivity contribution in [3.05, 3.63) is 69.7 Å². The van der Waals surface area contributed by atoms with Crippen molar-refractivity contribution < 1.29 is 0 Å². The van der Waals surface area contributed by atoms with E-state index < -0.39 is 0 Å². The van der Waals surface area contributed by atoms with Crippen LogP contribution in [-0.2, 0) is 6.54 Å². The molecule has 2 nitrogen and oxygen atoms in total. The molecule has 0 bridgehead atoms. The van der Waals surface area contributed by atoms with Gasteiger partial charge in [0.05, 0.1) is 6.07 Å². The van der Waals surface area contributed by atoms with Crippen LogP contribution in [0.1, 0.15) is 22.7 Å². The summed E-state index contributed by atoms with van der Waals surface area (Å²) in [4.78, 5) is 0. The van der Waals surface area contributed by atoms with Crippen LogP contribution in [0, 0.1) is 18.3 Å². The standard InChI is InChI=1S/C16H15BrN2/c1-12-9-14(7-8-15(12)17)16(10-18)19-11-13-5-3-2-4-6-13/h2-9,16,19H,11H2,1H3. The second-order valence-electron chi connectivity index (χ2n) is 4.44. The van der Waals surface area contributed by atoms with Crippen LogP contribution in [-0.4, -0.2) is 0 Å². The molecule has 0 fully saturated rings. The minimum absolute atomic E-state index is 0.285. The fourth-order valence-electron chi connectivity index (χ4n) is 1.90. The molecule has 0 heterocycles. The van der Waals surface area contributed by atoms with Crippen LogP contribution in [0.2, 0.25) is 0 Å². The Morgan fingerprint density at radius 1 is 1.21 bits per heavy atom. The smallest absolute Gasteiger partial charge is 0.121 e. The number of hydrogen-bond donors (Lipinski definition) is 1. The first-order valence-corrected chi connectivity index (χ1v) is 6.93. The minimum atomic E-state index is -0.285. The number of nitrogens with one attached hydrogen (secondary N) is 1. The third kappa shape index (κ3) is 3.66. The predicted octanol–water partition coefficient (Wildman–Crippen LogP) is 4.11. The summed E-state index contributed by atoms with van der Waals surface area (Å²) in [7, 11) is 0. The molecule has 19 heavy (non-hydrogen) atoms. The highest BCUT2D eigenvalue weighted by Crippen LogP contribution is 2.21. The van der Waals surface area contributed by atoms with Crippen LogP contribution in [0.4, 0.5) is 0 Å². The summed E-state index contributed by atoms with van der Waals surface area (Å²) in [6, 6.07) is 18.1. The topological polar surface area (TPSA) is 35.8 Å². The van der Waals surface area contributed by atoms with Gasteiger partial charge in [0.15, 0.2) is 0 Å². The molecule has 0 spiro atoms. The van der Waals surface area contributed by atoms with Gasteiger partial charge in [0.2, 0.25) is 0 Å². The lowest BCUT2D eigenvalue weighted by atomic mass is 10.1. The second kappa shape index (κ2) is 6.51. The molecule has 0 aromatic heterocycles. The fraction of sp³-hybridized carbons (Fsp3) is 0.188. The molecule has 0 amide bonds. The van der Waals surface area contributed by atoms with Crippen molar-refractivity contribution in [3.63, 3.8) is 0 Å². The van der Waals surface area contributed by atoms with E-state index >= 15 is 0 Å². The van der Waals surface area contributed by atoms with Crippen LogP contribution in [0.5, 0.6) is 0 Å². The van der Waals surface area contributed by atoms with Gasteiger partial charge in [-0.25, -0.2) is 0 Å². The van der Waals surface area contributed by atoms with E-state index in [0.29, 0.717) is 6.54 Å². The Labute approximate surface area is 122 Å². The van der Waals surface area contributed by atoms with Crippen molar-refractivity contribution in [2.75, 3.05) is 0 Å². The third-order valence-electron chi connectivity index (χ3n) is 3.00. The van der Waals surface area contributed by atoms with E-state index in [-0.39, 0.29) is 6.04 Å². The summed E-state index contributed by atoms with van der Waals surface area (Å²) >= 11 is 3.47. The zero-order valence-electron chi connectivity index (χ0n) is 10.7. The van der Waals surface area contributed by atoms with Crippen molar-refractivity contribution in [1.82, 2.24) is 5.32 Å². The molecule has 0 aliphatic carbocycles. The van der Waals surface area contributed by atoms with Crippen molar-refractivity contribution >= 4 is 15.9 Å². The third-order valence-corrected chi connectivity index (χ3v) is 3.89. The molecule has 0 radical (unpaired) electrons. The van der Waals surface area contributed by atoms with Gasteiger partial charge >= 0.3 is 0 Å². The van der Waals surface area contributed by atoms with Gasteiger partial charge in [-0.3, -0.25) is 5.32 Å². The molecule has 2 aromatic rings. The number of nitrogens with zero attached hydrogens (tertiary/aromatic N) is 1. The summed E-state index contributed by atoms with van der Waals surface area (Å²) in [5.41, 5.74) is 3.31. The van der Waals surface area contributed by atoms with Gasteiger partial charge in [-0.2, -0.15) is 5.26 Å². The van der Waals surface area contributed by atoms with Gasteiger partial charge in [0.25, 0.3) is 0 Å². The fourth-order valence-corrected chi connectivity index (χ4v) is 2.15. The summed E-state index contributed by atoms with van der Waals surface area (Å²) in [5, 5.41) is 12.6. The SMILES string of the molecule is Cc1cc(C(C#N)NCc2ccccc2)ccc1Br. The zero-order valence-corrected chi connectivity index (χ0v) is 12.3. The van der Waals surface area contributed by atoms with Gasteiger partial charge in [-0.15, -0.1) is 0 Å². The monoisotopic (exact) mass is 314 g/mol. The lowest BCUT2D eigenvalue weighted by molar-refractivity contribution is 0.630. The van der Waals surface area contributed by atoms with E-state index in [2.05, 4.69) is 27.3 Å². The van der Waals surface area contributed by atoms with Gasteiger partial charge in [0.1, 0.15) is 6.04 Å². The van der Waals surface area contributed by atoms with E-state index in [1.54, 1.807) is 0 Å². The largest absolute Gasteiger partial charge is 0.294 e. The molecule has 1 N–H and O–H groups in total. The maximum atomic E-state index is 9.29. The Kier molecular flexibility index (Phi) is 4.73. The molecule has 0 saturated carbocycles. The van der Waals surface area contributed by atoms with E-state index in [9.17, 15) is 5.26 Å². The molecular weight excluding hydrogens is 300 g/mol. The molecule has 0 saturated heterocycles. The Hall–Kier alpha value is -1.63. The van der Waals surface area contributed by atoms with E-state index in [1.165, 1.54) is 5.56 Å². The zero-order chi connectivity index (χ0) is 13.7.